The molecule has 0 saturated heterocycles. The summed E-state index contributed by atoms with van der Waals surface area (Å²) in [5.41, 5.74) is 0.986. The van der Waals surface area contributed by atoms with Crippen LogP contribution in [0.5, 0.6) is 0 Å². The van der Waals surface area contributed by atoms with Crippen molar-refractivity contribution >= 4 is 39.4 Å². The molecule has 0 unspecified atom stereocenters. The summed E-state index contributed by atoms with van der Waals surface area (Å²) < 4.78 is 2.68. The number of nitrogens with zero attached hydrogens (tertiary/aromatic N) is 1. The van der Waals surface area contributed by atoms with Gasteiger partial charge in [0.05, 0.1) is 9.22 Å². The summed E-state index contributed by atoms with van der Waals surface area (Å²) in [5, 5.41) is 1.11. The summed E-state index contributed by atoms with van der Waals surface area (Å²) in [4.78, 5) is 11.3. The Morgan fingerprint density at radius 2 is 2.08 bits per heavy atom. The van der Waals surface area contributed by atoms with Crippen molar-refractivity contribution in [3.63, 3.8) is 0 Å². The van der Waals surface area contributed by atoms with Crippen molar-refractivity contribution in [3.05, 3.63) is 34.0 Å². The molecule has 66 valence electrons. The van der Waals surface area contributed by atoms with E-state index in [-0.39, 0.29) is 5.91 Å². The van der Waals surface area contributed by atoms with E-state index < -0.39 is 0 Å². The second-order valence-electron chi connectivity index (χ2n) is 2.88. The monoisotopic (exact) mass is 285 g/mol. The number of benzene rings is 1. The lowest BCUT2D eigenvalue weighted by Gasteiger charge is -1.99. The lowest BCUT2D eigenvalue weighted by atomic mass is 10.2. The Labute approximate surface area is 89.7 Å². The van der Waals surface area contributed by atoms with Gasteiger partial charge in [-0.2, -0.15) is 0 Å². The van der Waals surface area contributed by atoms with Crippen LogP contribution in [0.1, 0.15) is 11.7 Å². The van der Waals surface area contributed by atoms with Crippen LogP contribution in [0.25, 0.3) is 10.9 Å². The maximum atomic E-state index is 11.3. The van der Waals surface area contributed by atoms with E-state index in [9.17, 15) is 4.79 Å². The number of hydrogen-bond acceptors (Lipinski definition) is 1. The highest BCUT2D eigenvalue weighted by molar-refractivity contribution is 14.1. The standard InChI is InChI=1S/C10H8INO/c1-7(13)12-9-5-3-2-4-8(9)6-10(12)11/h2-6H,1H3. The lowest BCUT2D eigenvalue weighted by Crippen LogP contribution is -2.06. The topological polar surface area (TPSA) is 22.0 Å². The van der Waals surface area contributed by atoms with Crippen molar-refractivity contribution in [1.29, 1.82) is 0 Å². The van der Waals surface area contributed by atoms with Crippen LogP contribution in [0, 0.1) is 3.70 Å². The third kappa shape index (κ3) is 1.37. The van der Waals surface area contributed by atoms with Crippen molar-refractivity contribution < 1.29 is 4.79 Å². The number of para-hydroxylation sites is 1. The predicted molar refractivity (Wildman–Crippen MR) is 61.0 cm³/mol. The van der Waals surface area contributed by atoms with Gasteiger partial charge in [0.1, 0.15) is 0 Å². The number of carbonyl (C=O) groups is 1. The van der Waals surface area contributed by atoms with Crippen LogP contribution in [-0.2, 0) is 0 Å². The average Bonchev–Trinajstić information content (AvgIpc) is 2.39. The molecule has 0 saturated carbocycles. The summed E-state index contributed by atoms with van der Waals surface area (Å²) in [7, 11) is 0. The van der Waals surface area contributed by atoms with Gasteiger partial charge in [-0.1, -0.05) is 18.2 Å². The molecule has 0 aliphatic rings. The van der Waals surface area contributed by atoms with Gasteiger partial charge in [-0.25, -0.2) is 0 Å². The molecule has 0 fully saturated rings. The zero-order chi connectivity index (χ0) is 9.42. The first-order valence-electron chi connectivity index (χ1n) is 3.97. The Balaban J connectivity index is 2.86. The summed E-state index contributed by atoms with van der Waals surface area (Å²) in [5.74, 6) is 0.0607. The molecular weight excluding hydrogens is 277 g/mol. The SMILES string of the molecule is CC(=O)n1c(I)cc2ccccc21. The molecule has 1 aromatic carbocycles. The minimum atomic E-state index is 0.0607. The van der Waals surface area contributed by atoms with Crippen LogP contribution in [0.15, 0.2) is 30.3 Å². The first-order chi connectivity index (χ1) is 6.20. The second kappa shape index (κ2) is 3.14. The van der Waals surface area contributed by atoms with Crippen molar-refractivity contribution in [2.24, 2.45) is 0 Å². The van der Waals surface area contributed by atoms with Crippen LogP contribution in [0.3, 0.4) is 0 Å². The van der Waals surface area contributed by atoms with Crippen LogP contribution in [0.4, 0.5) is 0 Å². The van der Waals surface area contributed by atoms with Crippen LogP contribution in [0.2, 0.25) is 0 Å². The van der Waals surface area contributed by atoms with Gasteiger partial charge < -0.3 is 0 Å². The number of halogens is 1. The van der Waals surface area contributed by atoms with E-state index in [1.54, 1.807) is 11.5 Å². The van der Waals surface area contributed by atoms with Gasteiger partial charge in [0.25, 0.3) is 0 Å². The van der Waals surface area contributed by atoms with Gasteiger partial charge in [0.2, 0.25) is 5.91 Å². The summed E-state index contributed by atoms with van der Waals surface area (Å²) in [6.07, 6.45) is 0. The quantitative estimate of drug-likeness (QED) is 0.682. The number of carbonyl (C=O) groups excluding carboxylic acids is 1. The Bertz CT molecular complexity index is 473. The number of hydrogen-bond donors (Lipinski definition) is 0. The molecule has 0 atom stereocenters. The molecule has 0 spiro atoms. The molecule has 0 aliphatic carbocycles. The van der Waals surface area contributed by atoms with E-state index in [1.807, 2.05) is 30.3 Å². The van der Waals surface area contributed by atoms with Gasteiger partial charge in [0.15, 0.2) is 0 Å². The highest BCUT2D eigenvalue weighted by atomic mass is 127. The fourth-order valence-electron chi connectivity index (χ4n) is 1.44. The summed E-state index contributed by atoms with van der Waals surface area (Å²) in [6.45, 7) is 1.58. The number of fused-ring (bicyclic) bond motifs is 1. The van der Waals surface area contributed by atoms with E-state index in [2.05, 4.69) is 22.6 Å². The molecule has 3 heteroatoms. The van der Waals surface area contributed by atoms with Crippen molar-refractivity contribution in [2.45, 2.75) is 6.92 Å². The second-order valence-corrected chi connectivity index (χ2v) is 3.99. The van der Waals surface area contributed by atoms with E-state index in [4.69, 9.17) is 0 Å². The molecule has 0 amide bonds. The Morgan fingerprint density at radius 1 is 1.38 bits per heavy atom. The van der Waals surface area contributed by atoms with Crippen molar-refractivity contribution in [3.8, 4) is 0 Å². The van der Waals surface area contributed by atoms with Crippen molar-refractivity contribution in [2.75, 3.05) is 0 Å². The molecule has 0 N–H and O–H groups in total. The predicted octanol–water partition coefficient (Wildman–Crippen LogP) is 2.91. The fraction of sp³-hybridized carbons (Fsp3) is 0.100. The van der Waals surface area contributed by atoms with Crippen LogP contribution < -0.4 is 0 Å². The summed E-state index contributed by atoms with van der Waals surface area (Å²) >= 11 is 2.17. The molecule has 0 aliphatic heterocycles. The first kappa shape index (κ1) is 8.74. The Morgan fingerprint density at radius 3 is 2.77 bits per heavy atom. The Kier molecular flexibility index (Phi) is 2.11. The van der Waals surface area contributed by atoms with Crippen molar-refractivity contribution in [1.82, 2.24) is 4.57 Å². The molecule has 2 aromatic rings. The van der Waals surface area contributed by atoms with Gasteiger partial charge in [-0.05, 0) is 34.7 Å². The molecule has 1 heterocycles. The van der Waals surface area contributed by atoms with E-state index in [0.29, 0.717) is 0 Å². The minimum absolute atomic E-state index is 0.0607. The van der Waals surface area contributed by atoms with E-state index in [0.717, 1.165) is 14.6 Å². The zero-order valence-electron chi connectivity index (χ0n) is 7.12. The molecule has 0 bridgehead atoms. The molecule has 2 rings (SSSR count). The molecule has 13 heavy (non-hydrogen) atoms. The maximum absolute atomic E-state index is 11.3. The number of aromatic nitrogens is 1. The van der Waals surface area contributed by atoms with Gasteiger partial charge in [-0.3, -0.25) is 9.36 Å². The van der Waals surface area contributed by atoms with E-state index >= 15 is 0 Å². The fourth-order valence-corrected chi connectivity index (χ4v) is 2.38. The highest BCUT2D eigenvalue weighted by Gasteiger charge is 2.08. The van der Waals surface area contributed by atoms with Gasteiger partial charge >= 0.3 is 0 Å². The smallest absolute Gasteiger partial charge is 0.228 e. The Hall–Kier alpha value is -0.840. The first-order valence-corrected chi connectivity index (χ1v) is 5.05. The third-order valence-corrected chi connectivity index (χ3v) is 2.77. The summed E-state index contributed by atoms with van der Waals surface area (Å²) in [6, 6.07) is 9.90. The van der Waals surface area contributed by atoms with Crippen LogP contribution in [-0.4, -0.2) is 10.5 Å². The molecular formula is C10H8INO. The largest absolute Gasteiger partial charge is 0.275 e. The van der Waals surface area contributed by atoms with Gasteiger partial charge in [0, 0.05) is 12.3 Å². The normalized spacial score (nSPS) is 10.6. The molecule has 2 nitrogen and oxygen atoms in total. The lowest BCUT2D eigenvalue weighted by molar-refractivity contribution is 0.0939. The third-order valence-electron chi connectivity index (χ3n) is 1.98. The highest BCUT2D eigenvalue weighted by Crippen LogP contribution is 2.20. The zero-order valence-corrected chi connectivity index (χ0v) is 9.28. The maximum Gasteiger partial charge on any atom is 0.228 e. The van der Waals surface area contributed by atoms with Gasteiger partial charge in [-0.15, -0.1) is 0 Å². The van der Waals surface area contributed by atoms with Crippen LogP contribution >= 0.6 is 22.6 Å². The average molecular weight is 285 g/mol. The molecule has 1 aromatic heterocycles. The molecule has 0 radical (unpaired) electrons. The van der Waals surface area contributed by atoms with E-state index in [1.165, 1.54) is 0 Å². The number of rotatable bonds is 0. The minimum Gasteiger partial charge on any atom is -0.275 e.